The van der Waals surface area contributed by atoms with Gasteiger partial charge in [0.1, 0.15) is 0 Å². The molecule has 0 spiro atoms. The van der Waals surface area contributed by atoms with Gasteiger partial charge < -0.3 is 9.88 Å². The fraction of sp³-hybridized carbons (Fsp3) is 0.500. The van der Waals surface area contributed by atoms with Crippen molar-refractivity contribution in [1.82, 2.24) is 14.9 Å². The van der Waals surface area contributed by atoms with E-state index in [1.54, 1.807) is 0 Å². The van der Waals surface area contributed by atoms with Crippen LogP contribution in [0.5, 0.6) is 0 Å². The number of hydrogen-bond acceptors (Lipinski definition) is 3. The van der Waals surface area contributed by atoms with Gasteiger partial charge in [0, 0.05) is 23.7 Å². The lowest BCUT2D eigenvalue weighted by Crippen LogP contribution is -2.15. The summed E-state index contributed by atoms with van der Waals surface area (Å²) in [5.74, 6) is 0. The maximum absolute atomic E-state index is 4.50. The van der Waals surface area contributed by atoms with Crippen LogP contribution in [0.2, 0.25) is 0 Å². The van der Waals surface area contributed by atoms with Crippen LogP contribution in [0.4, 0.5) is 0 Å². The number of nitrogens with zero attached hydrogens (tertiary/aromatic N) is 2. The van der Waals surface area contributed by atoms with Crippen molar-refractivity contribution in [2.24, 2.45) is 0 Å². The molecular formula is C14H19N3S. The molecule has 18 heavy (non-hydrogen) atoms. The largest absolute Gasteiger partial charge is 0.329 e. The summed E-state index contributed by atoms with van der Waals surface area (Å²) in [7, 11) is 0. The van der Waals surface area contributed by atoms with Gasteiger partial charge in [0.25, 0.3) is 0 Å². The molecule has 4 heteroatoms. The van der Waals surface area contributed by atoms with Crippen LogP contribution in [0.3, 0.4) is 0 Å². The Morgan fingerprint density at radius 2 is 2.44 bits per heavy atom. The van der Waals surface area contributed by atoms with Crippen molar-refractivity contribution in [2.75, 3.05) is 0 Å². The van der Waals surface area contributed by atoms with E-state index in [-0.39, 0.29) is 0 Å². The first-order valence-corrected chi connectivity index (χ1v) is 7.54. The Morgan fingerprint density at radius 1 is 1.56 bits per heavy atom. The number of hydrogen-bond donors (Lipinski definition) is 1. The van der Waals surface area contributed by atoms with Gasteiger partial charge in [-0.05, 0) is 30.7 Å². The third kappa shape index (κ3) is 2.65. The van der Waals surface area contributed by atoms with Crippen LogP contribution in [0, 0.1) is 0 Å². The zero-order valence-electron chi connectivity index (χ0n) is 10.7. The topological polar surface area (TPSA) is 29.9 Å². The first kappa shape index (κ1) is 11.9. The minimum absolute atomic E-state index is 0.437. The zero-order chi connectivity index (χ0) is 12.4. The lowest BCUT2D eigenvalue weighted by atomic mass is 10.2. The van der Waals surface area contributed by atoms with E-state index in [0.29, 0.717) is 6.04 Å². The second kappa shape index (κ2) is 5.24. The predicted octanol–water partition coefficient (Wildman–Crippen LogP) is 3.20. The molecule has 1 aliphatic rings. The van der Waals surface area contributed by atoms with Gasteiger partial charge in [-0.25, -0.2) is 4.98 Å². The standard InChI is InChI=1S/C14H19N3S/c1-2-13(14-4-3-7-18-14)17-9-12(16-10-17)8-15-11-5-6-11/h3-4,7,9-11,13,15H,2,5-6,8H2,1H3. The van der Waals surface area contributed by atoms with Gasteiger partial charge in [-0.3, -0.25) is 0 Å². The Kier molecular flexibility index (Phi) is 3.48. The summed E-state index contributed by atoms with van der Waals surface area (Å²) in [5, 5.41) is 5.65. The molecule has 0 amide bonds. The van der Waals surface area contributed by atoms with E-state index in [1.165, 1.54) is 17.7 Å². The number of thiophene rings is 1. The highest BCUT2D eigenvalue weighted by atomic mass is 32.1. The van der Waals surface area contributed by atoms with Gasteiger partial charge in [0.2, 0.25) is 0 Å². The van der Waals surface area contributed by atoms with Crippen molar-refractivity contribution in [1.29, 1.82) is 0 Å². The molecule has 0 bridgehead atoms. The molecule has 0 aliphatic heterocycles. The van der Waals surface area contributed by atoms with E-state index >= 15 is 0 Å². The summed E-state index contributed by atoms with van der Waals surface area (Å²) in [6.07, 6.45) is 7.91. The van der Waals surface area contributed by atoms with Gasteiger partial charge in [-0.2, -0.15) is 0 Å². The van der Waals surface area contributed by atoms with Crippen molar-refractivity contribution in [3.05, 3.63) is 40.6 Å². The third-order valence-corrected chi connectivity index (χ3v) is 4.40. The first-order valence-electron chi connectivity index (χ1n) is 6.66. The van der Waals surface area contributed by atoms with Crippen molar-refractivity contribution in [2.45, 2.75) is 44.8 Å². The molecule has 2 heterocycles. The van der Waals surface area contributed by atoms with Gasteiger partial charge in [0.05, 0.1) is 18.1 Å². The summed E-state index contributed by atoms with van der Waals surface area (Å²) in [6, 6.07) is 5.51. The van der Waals surface area contributed by atoms with E-state index in [2.05, 4.69) is 45.5 Å². The maximum atomic E-state index is 4.50. The molecule has 0 radical (unpaired) electrons. The van der Waals surface area contributed by atoms with Crippen LogP contribution in [-0.2, 0) is 6.54 Å². The summed E-state index contributed by atoms with van der Waals surface area (Å²) in [5.41, 5.74) is 1.15. The van der Waals surface area contributed by atoms with Crippen molar-refractivity contribution >= 4 is 11.3 Å². The molecule has 1 N–H and O–H groups in total. The van der Waals surface area contributed by atoms with E-state index in [1.807, 2.05) is 17.7 Å². The van der Waals surface area contributed by atoms with Crippen LogP contribution in [-0.4, -0.2) is 15.6 Å². The molecule has 2 aromatic heterocycles. The normalized spacial score (nSPS) is 16.9. The zero-order valence-corrected chi connectivity index (χ0v) is 11.5. The third-order valence-electron chi connectivity index (χ3n) is 3.42. The fourth-order valence-electron chi connectivity index (χ4n) is 2.22. The molecule has 1 saturated carbocycles. The summed E-state index contributed by atoms with van der Waals surface area (Å²) in [4.78, 5) is 5.91. The maximum Gasteiger partial charge on any atom is 0.0956 e. The monoisotopic (exact) mass is 261 g/mol. The van der Waals surface area contributed by atoms with Crippen molar-refractivity contribution in [3.63, 3.8) is 0 Å². The van der Waals surface area contributed by atoms with Gasteiger partial charge >= 0.3 is 0 Å². The van der Waals surface area contributed by atoms with Crippen molar-refractivity contribution < 1.29 is 0 Å². The molecule has 1 fully saturated rings. The molecule has 1 atom stereocenters. The highest BCUT2D eigenvalue weighted by Crippen LogP contribution is 2.26. The van der Waals surface area contributed by atoms with Crippen molar-refractivity contribution in [3.8, 4) is 0 Å². The van der Waals surface area contributed by atoms with Crippen LogP contribution in [0.25, 0.3) is 0 Å². The van der Waals surface area contributed by atoms with E-state index < -0.39 is 0 Å². The summed E-state index contributed by atoms with van der Waals surface area (Å²) < 4.78 is 2.25. The molecule has 1 unspecified atom stereocenters. The Balaban J connectivity index is 1.70. The minimum Gasteiger partial charge on any atom is -0.329 e. The second-order valence-electron chi connectivity index (χ2n) is 4.91. The Bertz CT molecular complexity index is 485. The number of imidazole rings is 1. The van der Waals surface area contributed by atoms with Crippen LogP contribution in [0.15, 0.2) is 30.0 Å². The van der Waals surface area contributed by atoms with Gasteiger partial charge in [0.15, 0.2) is 0 Å². The molecule has 3 rings (SSSR count). The molecule has 3 nitrogen and oxygen atoms in total. The molecule has 0 saturated heterocycles. The molecular weight excluding hydrogens is 242 g/mol. The molecule has 96 valence electrons. The van der Waals surface area contributed by atoms with Gasteiger partial charge in [-0.15, -0.1) is 11.3 Å². The number of rotatable bonds is 6. The Labute approximate surface area is 112 Å². The highest BCUT2D eigenvalue weighted by Gasteiger charge is 2.20. The Morgan fingerprint density at radius 3 is 3.11 bits per heavy atom. The number of nitrogens with one attached hydrogen (secondary N) is 1. The lowest BCUT2D eigenvalue weighted by Gasteiger charge is -2.14. The van der Waals surface area contributed by atoms with E-state index in [4.69, 9.17) is 0 Å². The fourth-order valence-corrected chi connectivity index (χ4v) is 3.13. The quantitative estimate of drug-likeness (QED) is 0.865. The molecule has 1 aliphatic carbocycles. The lowest BCUT2D eigenvalue weighted by molar-refractivity contribution is 0.574. The summed E-state index contributed by atoms with van der Waals surface area (Å²) >= 11 is 1.82. The van der Waals surface area contributed by atoms with Gasteiger partial charge in [-0.1, -0.05) is 13.0 Å². The SMILES string of the molecule is CCC(c1cccs1)n1cnc(CNC2CC2)c1. The van der Waals surface area contributed by atoms with Crippen LogP contribution < -0.4 is 5.32 Å². The highest BCUT2D eigenvalue weighted by molar-refractivity contribution is 7.10. The second-order valence-corrected chi connectivity index (χ2v) is 5.89. The first-order chi connectivity index (χ1) is 8.86. The number of aromatic nitrogens is 2. The predicted molar refractivity (Wildman–Crippen MR) is 74.8 cm³/mol. The van der Waals surface area contributed by atoms with Crippen LogP contribution >= 0.6 is 11.3 Å². The average Bonchev–Trinajstić information content (AvgIpc) is 2.89. The average molecular weight is 261 g/mol. The summed E-state index contributed by atoms with van der Waals surface area (Å²) in [6.45, 7) is 3.13. The minimum atomic E-state index is 0.437. The Hall–Kier alpha value is -1.13. The van der Waals surface area contributed by atoms with E-state index in [9.17, 15) is 0 Å². The molecule has 0 aromatic carbocycles. The van der Waals surface area contributed by atoms with E-state index in [0.717, 1.165) is 24.7 Å². The van der Waals surface area contributed by atoms with Crippen LogP contribution in [0.1, 0.15) is 42.8 Å². The smallest absolute Gasteiger partial charge is 0.0956 e. The molecule has 2 aromatic rings.